The average Bonchev–Trinajstić information content (AvgIpc) is 2.78. The Balaban J connectivity index is 1.82. The maximum Gasteiger partial charge on any atom is 0.318 e. The summed E-state index contributed by atoms with van der Waals surface area (Å²) in [6.07, 6.45) is 2.74. The smallest absolute Gasteiger partial charge is 0.318 e. The van der Waals surface area contributed by atoms with E-state index < -0.39 is 6.04 Å². The van der Waals surface area contributed by atoms with Crippen molar-refractivity contribution >= 4 is 17.6 Å². The van der Waals surface area contributed by atoms with Crippen LogP contribution in [0.2, 0.25) is 0 Å². The number of anilines is 1. The second kappa shape index (κ2) is 8.08. The van der Waals surface area contributed by atoms with Crippen molar-refractivity contribution in [3.63, 3.8) is 0 Å². The van der Waals surface area contributed by atoms with Gasteiger partial charge in [-0.3, -0.25) is 4.79 Å². The summed E-state index contributed by atoms with van der Waals surface area (Å²) in [5.74, 6) is -0.00428. The van der Waals surface area contributed by atoms with E-state index >= 15 is 0 Å². The van der Waals surface area contributed by atoms with E-state index in [1.165, 1.54) is 0 Å². The Bertz CT molecular complexity index is 655. The molecule has 1 aromatic carbocycles. The fourth-order valence-corrected chi connectivity index (χ4v) is 3.81. The lowest BCUT2D eigenvalue weighted by molar-refractivity contribution is -0.121. The first-order valence-electron chi connectivity index (χ1n) is 9.64. The van der Waals surface area contributed by atoms with E-state index in [-0.39, 0.29) is 23.9 Å². The van der Waals surface area contributed by atoms with Gasteiger partial charge in [-0.25, -0.2) is 4.79 Å². The SMILES string of the molecule is CC[C@H](C)[C@H]1C(=O)Nc2ccccc2CN1C(=O)NC1CCN(C)CC1. The highest BCUT2D eigenvalue weighted by molar-refractivity contribution is 5.98. The third-order valence-electron chi connectivity index (χ3n) is 5.71. The highest BCUT2D eigenvalue weighted by Gasteiger charge is 2.37. The quantitative estimate of drug-likeness (QED) is 0.873. The number of fused-ring (bicyclic) bond motifs is 1. The Hall–Kier alpha value is -2.08. The lowest BCUT2D eigenvalue weighted by Crippen LogP contribution is -2.55. The van der Waals surface area contributed by atoms with E-state index in [2.05, 4.69) is 29.5 Å². The summed E-state index contributed by atoms with van der Waals surface area (Å²) in [7, 11) is 2.10. The van der Waals surface area contributed by atoms with Gasteiger partial charge in [-0.15, -0.1) is 0 Å². The Morgan fingerprint density at radius 1 is 1.31 bits per heavy atom. The molecule has 6 nitrogen and oxygen atoms in total. The third-order valence-corrected chi connectivity index (χ3v) is 5.71. The number of rotatable bonds is 3. The van der Waals surface area contributed by atoms with Gasteiger partial charge in [0.05, 0.1) is 6.54 Å². The molecule has 2 heterocycles. The fourth-order valence-electron chi connectivity index (χ4n) is 3.81. The van der Waals surface area contributed by atoms with Crippen LogP contribution in [0.15, 0.2) is 24.3 Å². The molecule has 2 aliphatic heterocycles. The number of benzene rings is 1. The maximum atomic E-state index is 13.1. The van der Waals surface area contributed by atoms with Crippen molar-refractivity contribution in [2.75, 3.05) is 25.5 Å². The number of urea groups is 1. The molecule has 0 saturated carbocycles. The molecule has 2 N–H and O–H groups in total. The van der Waals surface area contributed by atoms with Crippen molar-refractivity contribution in [1.82, 2.24) is 15.1 Å². The highest BCUT2D eigenvalue weighted by Crippen LogP contribution is 2.27. The van der Waals surface area contributed by atoms with Crippen molar-refractivity contribution in [2.24, 2.45) is 5.92 Å². The molecular weight excluding hydrogens is 328 g/mol. The molecule has 2 aliphatic rings. The molecule has 1 aromatic rings. The number of carbonyl (C=O) groups excluding carboxylic acids is 2. The predicted octanol–water partition coefficient (Wildman–Crippen LogP) is 2.66. The molecule has 2 atom stereocenters. The molecule has 6 heteroatoms. The first kappa shape index (κ1) is 18.7. The van der Waals surface area contributed by atoms with Crippen molar-refractivity contribution in [3.05, 3.63) is 29.8 Å². The Kier molecular flexibility index (Phi) is 5.81. The summed E-state index contributed by atoms with van der Waals surface area (Å²) < 4.78 is 0. The molecule has 3 amide bonds. The number of hydrogen-bond acceptors (Lipinski definition) is 3. The first-order chi connectivity index (χ1) is 12.5. The zero-order valence-corrected chi connectivity index (χ0v) is 16.0. The molecule has 0 radical (unpaired) electrons. The molecule has 0 aliphatic carbocycles. The Labute approximate surface area is 155 Å². The average molecular weight is 358 g/mol. The lowest BCUT2D eigenvalue weighted by Gasteiger charge is -2.35. The van der Waals surface area contributed by atoms with Crippen LogP contribution in [0.4, 0.5) is 10.5 Å². The minimum atomic E-state index is -0.460. The maximum absolute atomic E-state index is 13.1. The van der Waals surface area contributed by atoms with Gasteiger partial charge in [0.2, 0.25) is 5.91 Å². The molecule has 1 saturated heterocycles. The van der Waals surface area contributed by atoms with Gasteiger partial charge in [-0.05, 0) is 50.5 Å². The monoisotopic (exact) mass is 358 g/mol. The molecule has 1 fully saturated rings. The van der Waals surface area contributed by atoms with Crippen LogP contribution in [0, 0.1) is 5.92 Å². The van der Waals surface area contributed by atoms with E-state index in [0.717, 1.165) is 43.6 Å². The summed E-state index contributed by atoms with van der Waals surface area (Å²) in [5.41, 5.74) is 1.78. The second-order valence-corrected chi connectivity index (χ2v) is 7.63. The van der Waals surface area contributed by atoms with Crippen LogP contribution in [0.1, 0.15) is 38.7 Å². The van der Waals surface area contributed by atoms with E-state index in [1.807, 2.05) is 31.2 Å². The van der Waals surface area contributed by atoms with Crippen molar-refractivity contribution in [1.29, 1.82) is 0 Å². The number of nitrogens with zero attached hydrogens (tertiary/aromatic N) is 2. The van der Waals surface area contributed by atoms with Crippen LogP contribution in [-0.4, -0.2) is 54.0 Å². The van der Waals surface area contributed by atoms with E-state index in [4.69, 9.17) is 0 Å². The van der Waals surface area contributed by atoms with Crippen LogP contribution in [0.3, 0.4) is 0 Å². The molecule has 0 spiro atoms. The molecule has 0 aromatic heterocycles. The molecule has 0 bridgehead atoms. The number of nitrogens with one attached hydrogen (secondary N) is 2. The van der Waals surface area contributed by atoms with Gasteiger partial charge >= 0.3 is 6.03 Å². The zero-order chi connectivity index (χ0) is 18.7. The summed E-state index contributed by atoms with van der Waals surface area (Å²) >= 11 is 0. The van der Waals surface area contributed by atoms with Gasteiger partial charge < -0.3 is 20.4 Å². The molecule has 26 heavy (non-hydrogen) atoms. The largest absolute Gasteiger partial charge is 0.335 e. The molecule has 142 valence electrons. The minimum absolute atomic E-state index is 0.0903. The summed E-state index contributed by atoms with van der Waals surface area (Å²) in [6.45, 7) is 6.52. The van der Waals surface area contributed by atoms with Crippen LogP contribution in [0.5, 0.6) is 0 Å². The number of piperidine rings is 1. The van der Waals surface area contributed by atoms with Crippen LogP contribution >= 0.6 is 0 Å². The lowest BCUT2D eigenvalue weighted by atomic mass is 9.97. The van der Waals surface area contributed by atoms with Crippen LogP contribution < -0.4 is 10.6 Å². The van der Waals surface area contributed by atoms with Crippen molar-refractivity contribution in [2.45, 2.75) is 51.7 Å². The first-order valence-corrected chi connectivity index (χ1v) is 9.64. The highest BCUT2D eigenvalue weighted by atomic mass is 16.2. The zero-order valence-electron chi connectivity index (χ0n) is 16.0. The van der Waals surface area contributed by atoms with Gasteiger partial charge in [-0.1, -0.05) is 38.5 Å². The molecular formula is C20H30N4O2. The fraction of sp³-hybridized carbons (Fsp3) is 0.600. The van der Waals surface area contributed by atoms with Gasteiger partial charge in [0, 0.05) is 11.7 Å². The predicted molar refractivity (Wildman–Crippen MR) is 103 cm³/mol. The second-order valence-electron chi connectivity index (χ2n) is 7.63. The van der Waals surface area contributed by atoms with Crippen molar-refractivity contribution in [3.8, 4) is 0 Å². The Morgan fingerprint density at radius 3 is 2.69 bits per heavy atom. The topological polar surface area (TPSA) is 64.7 Å². The van der Waals surface area contributed by atoms with Crippen LogP contribution in [0.25, 0.3) is 0 Å². The van der Waals surface area contributed by atoms with Crippen molar-refractivity contribution < 1.29 is 9.59 Å². The van der Waals surface area contributed by atoms with Crippen LogP contribution in [-0.2, 0) is 11.3 Å². The standard InChI is InChI=1S/C20H30N4O2/c1-4-14(2)18-19(25)22-17-8-6-5-7-15(17)13-24(18)20(26)21-16-9-11-23(3)12-10-16/h5-8,14,16,18H,4,9-13H2,1-3H3,(H,21,26)(H,22,25)/t14-,18-/m0/s1. The number of amides is 3. The number of likely N-dealkylation sites (tertiary alicyclic amines) is 1. The molecule has 0 unspecified atom stereocenters. The Morgan fingerprint density at radius 2 is 2.00 bits per heavy atom. The summed E-state index contributed by atoms with van der Waals surface area (Å²) in [4.78, 5) is 30.0. The number of hydrogen-bond donors (Lipinski definition) is 2. The normalized spacial score (nSPS) is 23.0. The van der Waals surface area contributed by atoms with Gasteiger partial charge in [-0.2, -0.15) is 0 Å². The number of carbonyl (C=O) groups is 2. The number of para-hydroxylation sites is 1. The van der Waals surface area contributed by atoms with Gasteiger partial charge in [0.1, 0.15) is 6.04 Å². The van der Waals surface area contributed by atoms with E-state index in [1.54, 1.807) is 4.90 Å². The third kappa shape index (κ3) is 4.01. The summed E-state index contributed by atoms with van der Waals surface area (Å²) in [6, 6.07) is 7.32. The van der Waals surface area contributed by atoms with E-state index in [0.29, 0.717) is 6.54 Å². The summed E-state index contributed by atoms with van der Waals surface area (Å²) in [5, 5.41) is 6.19. The minimum Gasteiger partial charge on any atom is -0.335 e. The van der Waals surface area contributed by atoms with E-state index in [9.17, 15) is 9.59 Å². The van der Waals surface area contributed by atoms with Gasteiger partial charge in [0.25, 0.3) is 0 Å². The molecule has 3 rings (SSSR count). The van der Waals surface area contributed by atoms with Gasteiger partial charge in [0.15, 0.2) is 0 Å².